The number of fused-ring (bicyclic) bond motifs is 2. The third kappa shape index (κ3) is 3.02. The van der Waals surface area contributed by atoms with Crippen molar-refractivity contribution >= 4 is 22.3 Å². The lowest BCUT2D eigenvalue weighted by molar-refractivity contribution is -0.384. The first-order valence-corrected chi connectivity index (χ1v) is 9.15. The molecule has 0 bridgehead atoms. The van der Waals surface area contributed by atoms with E-state index in [1.165, 1.54) is 16.7 Å². The fourth-order valence-electron chi connectivity index (χ4n) is 4.02. The molecule has 0 saturated carbocycles. The second-order valence-corrected chi connectivity index (χ2v) is 7.94. The van der Waals surface area contributed by atoms with Gasteiger partial charge in [-0.15, -0.1) is 0 Å². The molecule has 1 aromatic heterocycles. The first kappa shape index (κ1) is 19.6. The third-order valence-electron chi connectivity index (χ3n) is 5.23. The Kier molecular flexibility index (Phi) is 4.30. The highest BCUT2D eigenvalue weighted by atomic mass is 16.8. The number of nitro groups is 1. The summed E-state index contributed by atoms with van der Waals surface area (Å²) in [7, 11) is 3.29. The summed E-state index contributed by atoms with van der Waals surface area (Å²) in [4.78, 5) is 39.9. The summed E-state index contributed by atoms with van der Waals surface area (Å²) in [6.45, 7) is 5.37. The smallest absolute Gasteiger partial charge is 0.331 e. The van der Waals surface area contributed by atoms with Gasteiger partial charge in [0.1, 0.15) is 17.9 Å². The van der Waals surface area contributed by atoms with Gasteiger partial charge in [-0.1, -0.05) is 0 Å². The Labute approximate surface area is 164 Å². The fourth-order valence-corrected chi connectivity index (χ4v) is 4.02. The van der Waals surface area contributed by atoms with Crippen LogP contribution >= 0.6 is 0 Å². The summed E-state index contributed by atoms with van der Waals surface area (Å²) in [6.07, 6.45) is -2.19. The minimum Gasteiger partial charge on any atom is -0.372 e. The lowest BCUT2D eigenvalue weighted by atomic mass is 10.1. The molecular weight excluding hydrogens is 384 g/mol. The molecule has 0 amide bonds. The van der Waals surface area contributed by atoms with E-state index in [9.17, 15) is 19.7 Å². The Morgan fingerprint density at radius 1 is 1.21 bits per heavy atom. The molecular formula is C18H22N4O7. The first-order valence-electron chi connectivity index (χ1n) is 9.15. The summed E-state index contributed by atoms with van der Waals surface area (Å²) in [6, 6.07) is 2.62. The zero-order valence-corrected chi connectivity index (χ0v) is 16.7. The maximum absolute atomic E-state index is 12.8. The van der Waals surface area contributed by atoms with Crippen molar-refractivity contribution in [2.75, 3.05) is 19.0 Å². The van der Waals surface area contributed by atoms with Crippen LogP contribution in [0.5, 0.6) is 0 Å². The van der Waals surface area contributed by atoms with E-state index in [0.29, 0.717) is 0 Å². The molecule has 11 nitrogen and oxygen atoms in total. The van der Waals surface area contributed by atoms with E-state index in [0.717, 1.165) is 0 Å². The highest BCUT2D eigenvalue weighted by molar-refractivity contribution is 5.87. The van der Waals surface area contributed by atoms with Gasteiger partial charge in [0, 0.05) is 20.2 Å². The fraction of sp³-hybridized carbons (Fsp3) is 0.556. The molecule has 156 valence electrons. The summed E-state index contributed by atoms with van der Waals surface area (Å²) in [5.74, 6) is -0.846. The summed E-state index contributed by atoms with van der Waals surface area (Å²) in [5.41, 5.74) is -1.15. The van der Waals surface area contributed by atoms with Gasteiger partial charge < -0.3 is 19.1 Å². The van der Waals surface area contributed by atoms with Crippen LogP contribution in [0.15, 0.2) is 21.7 Å². The lowest BCUT2D eigenvalue weighted by Crippen LogP contribution is -2.38. The number of aromatic amines is 1. The predicted octanol–water partition coefficient (Wildman–Crippen LogP) is 1.10. The van der Waals surface area contributed by atoms with Crippen LogP contribution in [0.4, 0.5) is 11.4 Å². The molecule has 0 radical (unpaired) electrons. The number of hydrogen-bond donors (Lipinski definition) is 1. The monoisotopic (exact) mass is 406 g/mol. The highest BCUT2D eigenvalue weighted by Gasteiger charge is 2.55. The largest absolute Gasteiger partial charge is 0.372 e. The number of nitrogens with zero attached hydrogens (tertiary/aromatic N) is 3. The zero-order valence-electron chi connectivity index (χ0n) is 16.7. The molecule has 11 heteroatoms. The van der Waals surface area contributed by atoms with Gasteiger partial charge in [0.2, 0.25) is 0 Å². The van der Waals surface area contributed by atoms with Crippen LogP contribution in [0.25, 0.3) is 10.9 Å². The topological polar surface area (TPSA) is 129 Å². The molecule has 29 heavy (non-hydrogen) atoms. The predicted molar refractivity (Wildman–Crippen MR) is 103 cm³/mol. The minimum absolute atomic E-state index is 0.0137. The number of anilines is 1. The van der Waals surface area contributed by atoms with Crippen LogP contribution in [0.1, 0.15) is 27.0 Å². The van der Waals surface area contributed by atoms with Gasteiger partial charge in [-0.05, 0) is 26.8 Å². The summed E-state index contributed by atoms with van der Waals surface area (Å²) in [5, 5.41) is 11.5. The molecule has 0 unspecified atom stereocenters. The third-order valence-corrected chi connectivity index (χ3v) is 5.23. The van der Waals surface area contributed by atoms with Gasteiger partial charge in [-0.2, -0.15) is 0 Å². The van der Waals surface area contributed by atoms with Crippen molar-refractivity contribution in [1.82, 2.24) is 9.55 Å². The van der Waals surface area contributed by atoms with Crippen LogP contribution < -0.4 is 16.1 Å². The van der Waals surface area contributed by atoms with Gasteiger partial charge in [-0.3, -0.25) is 24.5 Å². The van der Waals surface area contributed by atoms with Crippen LogP contribution in [0, 0.1) is 10.1 Å². The van der Waals surface area contributed by atoms with Gasteiger partial charge in [-0.25, -0.2) is 4.79 Å². The molecule has 1 aromatic carbocycles. The standard InChI is InChI=1S/C18H22N4O7/c1-8-13-14(29-18(2,3)28-13)16(27-8)21-10-7-11(20(4)5)12(22(25)26)6-9(10)15(23)19-17(21)24/h6-8,13-14,16H,1-5H3,(H,19,23,24)/t8-,13-,14-,16-/m1/s1. The van der Waals surface area contributed by atoms with Crippen molar-refractivity contribution in [2.45, 2.75) is 51.1 Å². The van der Waals surface area contributed by atoms with Crippen molar-refractivity contribution in [2.24, 2.45) is 0 Å². The van der Waals surface area contributed by atoms with Crippen molar-refractivity contribution in [3.8, 4) is 0 Å². The molecule has 2 saturated heterocycles. The summed E-state index contributed by atoms with van der Waals surface area (Å²) >= 11 is 0. The normalized spacial score (nSPS) is 27.9. The van der Waals surface area contributed by atoms with Gasteiger partial charge in [0.15, 0.2) is 12.0 Å². The highest BCUT2D eigenvalue weighted by Crippen LogP contribution is 2.43. The number of rotatable bonds is 3. The van der Waals surface area contributed by atoms with Crippen molar-refractivity contribution in [3.05, 3.63) is 43.1 Å². The average Bonchev–Trinajstić information content (AvgIpc) is 3.08. The Balaban J connectivity index is 1.98. The number of nitro benzene ring substituents is 1. The van der Waals surface area contributed by atoms with E-state index >= 15 is 0 Å². The molecule has 0 spiro atoms. The van der Waals surface area contributed by atoms with Crippen molar-refractivity contribution < 1.29 is 19.1 Å². The molecule has 2 fully saturated rings. The Hall–Kier alpha value is -2.76. The van der Waals surface area contributed by atoms with E-state index in [2.05, 4.69) is 4.98 Å². The number of nitrogens with one attached hydrogen (secondary N) is 1. The molecule has 2 aliphatic heterocycles. The second kappa shape index (κ2) is 6.37. The van der Waals surface area contributed by atoms with E-state index in [1.807, 2.05) is 6.92 Å². The van der Waals surface area contributed by atoms with Crippen LogP contribution in [-0.4, -0.2) is 52.7 Å². The number of ether oxygens (including phenoxy) is 3. The summed E-state index contributed by atoms with van der Waals surface area (Å²) < 4.78 is 19.1. The van der Waals surface area contributed by atoms with E-state index in [1.54, 1.807) is 32.8 Å². The zero-order chi connectivity index (χ0) is 21.2. The molecule has 1 N–H and O–H groups in total. The number of hydrogen-bond acceptors (Lipinski definition) is 8. The van der Waals surface area contributed by atoms with E-state index in [-0.39, 0.29) is 28.4 Å². The van der Waals surface area contributed by atoms with Crippen LogP contribution in [-0.2, 0) is 14.2 Å². The Bertz CT molecular complexity index is 1120. The maximum Gasteiger partial charge on any atom is 0.331 e. The lowest BCUT2D eigenvalue weighted by Gasteiger charge is -2.25. The van der Waals surface area contributed by atoms with Gasteiger partial charge >= 0.3 is 5.69 Å². The Morgan fingerprint density at radius 2 is 1.86 bits per heavy atom. The molecule has 2 aromatic rings. The van der Waals surface area contributed by atoms with Gasteiger partial charge in [0.25, 0.3) is 11.2 Å². The quantitative estimate of drug-likeness (QED) is 0.593. The molecule has 2 aliphatic rings. The minimum atomic E-state index is -0.861. The van der Waals surface area contributed by atoms with Crippen LogP contribution in [0.3, 0.4) is 0 Å². The molecule has 0 aliphatic carbocycles. The van der Waals surface area contributed by atoms with Crippen molar-refractivity contribution in [3.63, 3.8) is 0 Å². The SMILES string of the molecule is C[C@H]1O[C@@H](n2c(=O)[nH]c(=O)c3cc([N+](=O)[O-])c(N(C)C)cc32)[C@@H]2OC(C)(C)O[C@@H]21. The average molecular weight is 406 g/mol. The molecule has 3 heterocycles. The van der Waals surface area contributed by atoms with E-state index in [4.69, 9.17) is 14.2 Å². The maximum atomic E-state index is 12.8. The first-order chi connectivity index (χ1) is 13.5. The van der Waals surface area contributed by atoms with Crippen molar-refractivity contribution in [1.29, 1.82) is 0 Å². The second-order valence-electron chi connectivity index (χ2n) is 7.94. The molecule has 4 atom stereocenters. The number of H-pyrrole nitrogens is 1. The number of benzene rings is 1. The van der Waals surface area contributed by atoms with Crippen LogP contribution in [0.2, 0.25) is 0 Å². The van der Waals surface area contributed by atoms with E-state index < -0.39 is 40.4 Å². The Morgan fingerprint density at radius 3 is 2.48 bits per heavy atom. The molecule has 4 rings (SSSR count). The van der Waals surface area contributed by atoms with Gasteiger partial charge in [0.05, 0.1) is 21.9 Å². The number of aromatic nitrogens is 2.